The number of halogens is 1. The first kappa shape index (κ1) is 16.4. The number of nitrogens with zero attached hydrogens (tertiary/aromatic N) is 2. The third kappa shape index (κ3) is 4.52. The summed E-state index contributed by atoms with van der Waals surface area (Å²) in [5.74, 6) is 0.374. The van der Waals surface area contributed by atoms with Crippen LogP contribution >= 0.6 is 0 Å². The van der Waals surface area contributed by atoms with Crippen molar-refractivity contribution < 1.29 is 13.9 Å². The first-order chi connectivity index (χ1) is 11.2. The smallest absolute Gasteiger partial charge is 0.253 e. The highest BCUT2D eigenvalue weighted by molar-refractivity contribution is 5.94. The van der Waals surface area contributed by atoms with E-state index in [0.717, 1.165) is 58.8 Å². The van der Waals surface area contributed by atoms with Crippen molar-refractivity contribution in [2.75, 3.05) is 45.9 Å². The molecule has 126 valence electrons. The van der Waals surface area contributed by atoms with Crippen LogP contribution in [0.25, 0.3) is 0 Å². The molecule has 1 aromatic carbocycles. The van der Waals surface area contributed by atoms with Gasteiger partial charge in [-0.2, -0.15) is 0 Å². The third-order valence-electron chi connectivity index (χ3n) is 4.85. The highest BCUT2D eigenvalue weighted by Gasteiger charge is 2.23. The summed E-state index contributed by atoms with van der Waals surface area (Å²) >= 11 is 0. The van der Waals surface area contributed by atoms with Gasteiger partial charge in [-0.15, -0.1) is 0 Å². The van der Waals surface area contributed by atoms with Crippen LogP contribution in [-0.4, -0.2) is 61.6 Å². The zero-order valence-corrected chi connectivity index (χ0v) is 13.5. The fraction of sp³-hybridized carbons (Fsp3) is 0.611. The second kappa shape index (κ2) is 7.88. The standard InChI is InChI=1S/C18H25FN2O2/c19-17-5-3-16(4-6-17)18(22)21-8-1-2-15(7-9-21)14-20-10-12-23-13-11-20/h3-6,15H,1-2,7-14H2. The minimum Gasteiger partial charge on any atom is -0.379 e. The van der Waals surface area contributed by atoms with E-state index in [1.807, 2.05) is 4.90 Å². The molecule has 0 aromatic heterocycles. The fourth-order valence-electron chi connectivity index (χ4n) is 3.47. The number of carbonyl (C=O) groups is 1. The molecular formula is C18H25FN2O2. The second-order valence-corrected chi connectivity index (χ2v) is 6.51. The topological polar surface area (TPSA) is 32.8 Å². The Morgan fingerprint density at radius 3 is 2.57 bits per heavy atom. The highest BCUT2D eigenvalue weighted by Crippen LogP contribution is 2.20. The van der Waals surface area contributed by atoms with Crippen molar-refractivity contribution in [1.29, 1.82) is 0 Å². The van der Waals surface area contributed by atoms with Gasteiger partial charge in [-0.05, 0) is 49.4 Å². The van der Waals surface area contributed by atoms with E-state index in [2.05, 4.69) is 4.90 Å². The number of hydrogen-bond acceptors (Lipinski definition) is 3. The zero-order chi connectivity index (χ0) is 16.1. The average Bonchev–Trinajstić information content (AvgIpc) is 2.81. The molecule has 2 fully saturated rings. The lowest BCUT2D eigenvalue weighted by Crippen LogP contribution is -2.39. The molecule has 1 amide bonds. The van der Waals surface area contributed by atoms with Gasteiger partial charge in [-0.25, -0.2) is 4.39 Å². The van der Waals surface area contributed by atoms with Gasteiger partial charge in [0.05, 0.1) is 13.2 Å². The van der Waals surface area contributed by atoms with Crippen LogP contribution < -0.4 is 0 Å². The van der Waals surface area contributed by atoms with Gasteiger partial charge in [0, 0.05) is 38.3 Å². The molecule has 1 unspecified atom stereocenters. The maximum absolute atomic E-state index is 13.0. The molecular weight excluding hydrogens is 295 g/mol. The third-order valence-corrected chi connectivity index (χ3v) is 4.85. The first-order valence-corrected chi connectivity index (χ1v) is 8.57. The lowest BCUT2D eigenvalue weighted by Gasteiger charge is -2.30. The van der Waals surface area contributed by atoms with E-state index in [4.69, 9.17) is 4.74 Å². The van der Waals surface area contributed by atoms with Crippen LogP contribution in [0.2, 0.25) is 0 Å². The molecule has 2 heterocycles. The van der Waals surface area contributed by atoms with Gasteiger partial charge in [0.15, 0.2) is 0 Å². The Morgan fingerprint density at radius 1 is 1.09 bits per heavy atom. The minimum atomic E-state index is -0.303. The Kier molecular flexibility index (Phi) is 5.62. The maximum atomic E-state index is 13.0. The summed E-state index contributed by atoms with van der Waals surface area (Å²) in [4.78, 5) is 16.9. The molecule has 2 saturated heterocycles. The van der Waals surface area contributed by atoms with Gasteiger partial charge >= 0.3 is 0 Å². The molecule has 0 N–H and O–H groups in total. The molecule has 0 aliphatic carbocycles. The van der Waals surface area contributed by atoms with E-state index in [1.54, 1.807) is 12.1 Å². The molecule has 23 heavy (non-hydrogen) atoms. The van der Waals surface area contributed by atoms with Gasteiger partial charge in [0.25, 0.3) is 5.91 Å². The van der Waals surface area contributed by atoms with Crippen molar-refractivity contribution in [2.24, 2.45) is 5.92 Å². The number of hydrogen-bond donors (Lipinski definition) is 0. The summed E-state index contributed by atoms with van der Waals surface area (Å²) in [6.07, 6.45) is 3.26. The van der Waals surface area contributed by atoms with Crippen molar-refractivity contribution in [2.45, 2.75) is 19.3 Å². The summed E-state index contributed by atoms with van der Waals surface area (Å²) in [7, 11) is 0. The first-order valence-electron chi connectivity index (χ1n) is 8.57. The van der Waals surface area contributed by atoms with E-state index < -0.39 is 0 Å². The largest absolute Gasteiger partial charge is 0.379 e. The van der Waals surface area contributed by atoms with Crippen LogP contribution in [0.5, 0.6) is 0 Å². The monoisotopic (exact) mass is 320 g/mol. The Balaban J connectivity index is 1.53. The van der Waals surface area contributed by atoms with Crippen LogP contribution in [0.1, 0.15) is 29.6 Å². The molecule has 0 bridgehead atoms. The van der Waals surface area contributed by atoms with E-state index >= 15 is 0 Å². The fourth-order valence-corrected chi connectivity index (χ4v) is 3.47. The molecule has 3 rings (SSSR count). The Morgan fingerprint density at radius 2 is 1.83 bits per heavy atom. The molecule has 0 spiro atoms. The van der Waals surface area contributed by atoms with Gasteiger partial charge in [-0.1, -0.05) is 0 Å². The van der Waals surface area contributed by atoms with Gasteiger partial charge < -0.3 is 9.64 Å². The Bertz CT molecular complexity index is 514. The molecule has 0 saturated carbocycles. The number of benzene rings is 1. The van der Waals surface area contributed by atoms with Crippen molar-refractivity contribution in [1.82, 2.24) is 9.80 Å². The quantitative estimate of drug-likeness (QED) is 0.857. The summed E-state index contributed by atoms with van der Waals surface area (Å²) in [6.45, 7) is 6.43. The van der Waals surface area contributed by atoms with Crippen molar-refractivity contribution in [3.05, 3.63) is 35.6 Å². The molecule has 1 aromatic rings. The van der Waals surface area contributed by atoms with E-state index in [0.29, 0.717) is 11.5 Å². The predicted octanol–water partition coefficient (Wildman–Crippen LogP) is 2.40. The molecule has 0 radical (unpaired) electrons. The van der Waals surface area contributed by atoms with E-state index in [-0.39, 0.29) is 11.7 Å². The number of carbonyl (C=O) groups excluding carboxylic acids is 1. The number of amides is 1. The minimum absolute atomic E-state index is 0.0250. The summed E-state index contributed by atoms with van der Waals surface area (Å²) in [5, 5.41) is 0. The number of rotatable bonds is 3. The number of morpholine rings is 1. The van der Waals surface area contributed by atoms with Crippen LogP contribution in [-0.2, 0) is 4.74 Å². The molecule has 4 nitrogen and oxygen atoms in total. The van der Waals surface area contributed by atoms with Crippen LogP contribution in [0.3, 0.4) is 0 Å². The van der Waals surface area contributed by atoms with Gasteiger partial charge in [0.1, 0.15) is 5.82 Å². The lowest BCUT2D eigenvalue weighted by atomic mass is 10.00. The normalized spacial score (nSPS) is 23.5. The molecule has 2 aliphatic rings. The highest BCUT2D eigenvalue weighted by atomic mass is 19.1. The maximum Gasteiger partial charge on any atom is 0.253 e. The Labute approximate surface area is 137 Å². The number of ether oxygens (including phenoxy) is 1. The molecule has 5 heteroatoms. The Hall–Kier alpha value is -1.46. The van der Waals surface area contributed by atoms with Crippen molar-refractivity contribution in [3.63, 3.8) is 0 Å². The summed E-state index contributed by atoms with van der Waals surface area (Å²) in [6, 6.07) is 5.86. The summed E-state index contributed by atoms with van der Waals surface area (Å²) in [5.41, 5.74) is 0.582. The lowest BCUT2D eigenvalue weighted by molar-refractivity contribution is 0.0296. The second-order valence-electron chi connectivity index (χ2n) is 6.51. The SMILES string of the molecule is O=C(c1ccc(F)cc1)N1CCCC(CN2CCOCC2)CC1. The van der Waals surface area contributed by atoms with Gasteiger partial charge in [0.2, 0.25) is 0 Å². The van der Waals surface area contributed by atoms with E-state index in [1.165, 1.54) is 18.6 Å². The van der Waals surface area contributed by atoms with Crippen LogP contribution in [0.15, 0.2) is 24.3 Å². The summed E-state index contributed by atoms with van der Waals surface area (Å²) < 4.78 is 18.4. The van der Waals surface area contributed by atoms with Crippen LogP contribution in [0.4, 0.5) is 4.39 Å². The molecule has 2 aliphatic heterocycles. The van der Waals surface area contributed by atoms with Crippen molar-refractivity contribution >= 4 is 5.91 Å². The zero-order valence-electron chi connectivity index (χ0n) is 13.5. The van der Waals surface area contributed by atoms with Crippen LogP contribution in [0, 0.1) is 11.7 Å². The van der Waals surface area contributed by atoms with E-state index in [9.17, 15) is 9.18 Å². The molecule has 1 atom stereocenters. The predicted molar refractivity (Wildman–Crippen MR) is 86.9 cm³/mol. The average molecular weight is 320 g/mol. The van der Waals surface area contributed by atoms with Crippen molar-refractivity contribution in [3.8, 4) is 0 Å². The van der Waals surface area contributed by atoms with Gasteiger partial charge in [-0.3, -0.25) is 9.69 Å². The number of likely N-dealkylation sites (tertiary alicyclic amines) is 1.